The van der Waals surface area contributed by atoms with Crippen LogP contribution in [-0.2, 0) is 38.3 Å². The van der Waals surface area contributed by atoms with Crippen molar-refractivity contribution in [2.45, 2.75) is 205 Å². The van der Waals surface area contributed by atoms with Crippen molar-refractivity contribution in [3.63, 3.8) is 0 Å². The van der Waals surface area contributed by atoms with Crippen molar-refractivity contribution in [2.75, 3.05) is 26.4 Å². The summed E-state index contributed by atoms with van der Waals surface area (Å²) in [6, 6.07) is 0. The van der Waals surface area contributed by atoms with Gasteiger partial charge in [0.1, 0.15) is 30.5 Å². The Kier molecular flexibility index (Phi) is 38.6. The molecule has 6 unspecified atom stereocenters. The van der Waals surface area contributed by atoms with Crippen LogP contribution in [0.1, 0.15) is 168 Å². The van der Waals surface area contributed by atoms with E-state index < -0.39 is 59.8 Å². The maximum absolute atomic E-state index is 12.8. The largest absolute Gasteiger partial charge is 0.457 e. The van der Waals surface area contributed by atoms with Crippen LogP contribution in [0.4, 0.5) is 0 Å². The van der Waals surface area contributed by atoms with Gasteiger partial charge in [-0.05, 0) is 77.0 Å². The summed E-state index contributed by atoms with van der Waals surface area (Å²) in [5, 5.41) is 30.7. The van der Waals surface area contributed by atoms with Crippen molar-refractivity contribution in [1.29, 1.82) is 0 Å². The summed E-state index contributed by atoms with van der Waals surface area (Å²) in [7, 11) is -5.08. The van der Waals surface area contributed by atoms with Crippen LogP contribution in [0.15, 0.2) is 85.1 Å². The Morgan fingerprint density at radius 3 is 1.58 bits per heavy atom. The Labute approximate surface area is 387 Å². The first-order chi connectivity index (χ1) is 31.1. The third-order valence-corrected chi connectivity index (χ3v) is 11.0. The fourth-order valence-electron chi connectivity index (χ4n) is 6.87. The SMILES string of the molecule is CC/C=C\C/C=C\C/C=C\C/C=C\CCC(=O)OC(COCCCCCCCCCCC/C=C\C/C=C\C/C=C\CCCCCCC)COC1OC(CO)C(O)C(OS(=O)(=O)O)C1O. The van der Waals surface area contributed by atoms with E-state index in [4.69, 9.17) is 23.5 Å². The van der Waals surface area contributed by atoms with E-state index in [2.05, 4.69) is 90.9 Å². The van der Waals surface area contributed by atoms with Crippen LogP contribution < -0.4 is 0 Å². The number of rotatable bonds is 41. The van der Waals surface area contributed by atoms with Gasteiger partial charge in [0.05, 0.1) is 19.8 Å². The lowest BCUT2D eigenvalue weighted by Crippen LogP contribution is -2.60. The number of aliphatic hydroxyl groups excluding tert-OH is 3. The standard InChI is InChI=1S/C51H86O12S/c1-3-5-7-9-11-13-15-17-18-19-20-21-22-23-24-25-26-27-29-31-33-35-37-39-41-59-43-45(44-60-51-49(55)50(63-64(56,57)58)48(54)46(42-52)62-51)61-47(53)40-38-36-34-32-30-28-16-14-12-10-8-6-4-2/h6,8,12,14-15,17,19-20,22-23,28,30,34,36,45-46,48-52,54-55H,3-5,7,9-11,13,16,18,21,24-27,29,31-33,35,37-44H2,1-2H3,(H,56,57,58)/b8-6-,14-12-,17-15-,20-19-,23-22-,30-28-,36-34-. The number of hydrogen-bond donors (Lipinski definition) is 4. The summed E-state index contributed by atoms with van der Waals surface area (Å²) in [4.78, 5) is 12.8. The van der Waals surface area contributed by atoms with E-state index in [1.54, 1.807) is 0 Å². The zero-order valence-corrected chi connectivity index (χ0v) is 40.1. The molecule has 1 saturated heterocycles. The van der Waals surface area contributed by atoms with Crippen molar-refractivity contribution >= 4 is 16.4 Å². The first-order valence-corrected chi connectivity index (χ1v) is 25.7. The second-order valence-corrected chi connectivity index (χ2v) is 17.4. The van der Waals surface area contributed by atoms with Gasteiger partial charge >= 0.3 is 16.4 Å². The van der Waals surface area contributed by atoms with E-state index in [0.717, 1.165) is 64.2 Å². The summed E-state index contributed by atoms with van der Waals surface area (Å²) in [5.41, 5.74) is 0. The molecule has 1 aliphatic rings. The minimum atomic E-state index is -5.08. The predicted octanol–water partition coefficient (Wildman–Crippen LogP) is 10.9. The molecule has 64 heavy (non-hydrogen) atoms. The summed E-state index contributed by atoms with van der Waals surface area (Å²) in [6.45, 7) is 3.74. The molecule has 1 heterocycles. The van der Waals surface area contributed by atoms with Crippen LogP contribution >= 0.6 is 0 Å². The maximum atomic E-state index is 12.8. The molecule has 0 saturated carbocycles. The smallest absolute Gasteiger partial charge is 0.397 e. The van der Waals surface area contributed by atoms with Crippen molar-refractivity contribution in [1.82, 2.24) is 0 Å². The molecule has 12 nitrogen and oxygen atoms in total. The lowest BCUT2D eigenvalue weighted by molar-refractivity contribution is -0.301. The quantitative estimate of drug-likeness (QED) is 0.0198. The average molecular weight is 923 g/mol. The summed E-state index contributed by atoms with van der Waals surface area (Å²) >= 11 is 0. The van der Waals surface area contributed by atoms with Gasteiger partial charge in [-0.25, -0.2) is 4.18 Å². The number of carbonyl (C=O) groups is 1. The molecule has 0 aliphatic carbocycles. The normalized spacial score (nSPS) is 20.5. The molecular weight excluding hydrogens is 837 g/mol. The highest BCUT2D eigenvalue weighted by atomic mass is 32.3. The van der Waals surface area contributed by atoms with E-state index >= 15 is 0 Å². The molecule has 1 rings (SSSR count). The molecule has 13 heteroatoms. The van der Waals surface area contributed by atoms with E-state index in [-0.39, 0.29) is 19.6 Å². The third kappa shape index (κ3) is 34.6. The number of aliphatic hydroxyl groups is 3. The van der Waals surface area contributed by atoms with Crippen LogP contribution in [0, 0.1) is 0 Å². The topological polar surface area (TPSA) is 178 Å². The highest BCUT2D eigenvalue weighted by Crippen LogP contribution is 2.26. The second-order valence-electron chi connectivity index (χ2n) is 16.3. The van der Waals surface area contributed by atoms with E-state index in [0.29, 0.717) is 13.0 Å². The number of unbranched alkanes of at least 4 members (excludes halogenated alkanes) is 14. The van der Waals surface area contributed by atoms with Crippen molar-refractivity contribution in [2.24, 2.45) is 0 Å². The number of ether oxygens (including phenoxy) is 4. The molecule has 0 aromatic heterocycles. The van der Waals surface area contributed by atoms with Crippen LogP contribution in [0.25, 0.3) is 0 Å². The first-order valence-electron chi connectivity index (χ1n) is 24.3. The zero-order valence-electron chi connectivity index (χ0n) is 39.3. The van der Waals surface area contributed by atoms with E-state index in [1.807, 2.05) is 12.2 Å². The first kappa shape index (κ1) is 59.3. The maximum Gasteiger partial charge on any atom is 0.397 e. The lowest BCUT2D eigenvalue weighted by Gasteiger charge is -2.41. The average Bonchev–Trinajstić information content (AvgIpc) is 3.27. The molecule has 0 amide bonds. The molecule has 0 bridgehead atoms. The number of allylic oxidation sites excluding steroid dienone is 14. The Morgan fingerprint density at radius 2 is 1.08 bits per heavy atom. The Hall–Kier alpha value is -2.72. The molecule has 0 aromatic rings. The molecule has 0 spiro atoms. The molecular formula is C51H86O12S. The van der Waals surface area contributed by atoms with Crippen LogP contribution in [-0.4, -0.2) is 97.5 Å². The zero-order chi connectivity index (χ0) is 46.8. The van der Waals surface area contributed by atoms with Crippen molar-refractivity contribution in [3.05, 3.63) is 85.1 Å². The molecule has 368 valence electrons. The van der Waals surface area contributed by atoms with E-state index in [9.17, 15) is 28.5 Å². The van der Waals surface area contributed by atoms with Crippen LogP contribution in [0.3, 0.4) is 0 Å². The van der Waals surface area contributed by atoms with E-state index in [1.165, 1.54) is 77.0 Å². The Morgan fingerprint density at radius 1 is 0.609 bits per heavy atom. The van der Waals surface area contributed by atoms with Crippen molar-refractivity contribution < 1.29 is 56.2 Å². The summed E-state index contributed by atoms with van der Waals surface area (Å²) in [5.74, 6) is -0.484. The van der Waals surface area contributed by atoms with Gasteiger partial charge in [0.2, 0.25) is 0 Å². The minimum absolute atomic E-state index is 0.00162. The fourth-order valence-corrected chi connectivity index (χ4v) is 7.38. The number of carbonyl (C=O) groups excluding carboxylic acids is 1. The van der Waals surface area contributed by atoms with Gasteiger partial charge in [0.15, 0.2) is 6.29 Å². The van der Waals surface area contributed by atoms with Gasteiger partial charge in [-0.15, -0.1) is 0 Å². The highest BCUT2D eigenvalue weighted by molar-refractivity contribution is 7.80. The highest BCUT2D eigenvalue weighted by Gasteiger charge is 2.48. The summed E-state index contributed by atoms with van der Waals surface area (Å²) in [6.07, 6.45) is 46.4. The molecule has 6 atom stereocenters. The van der Waals surface area contributed by atoms with Crippen LogP contribution in [0.2, 0.25) is 0 Å². The number of hydrogen-bond acceptors (Lipinski definition) is 11. The number of esters is 1. The van der Waals surface area contributed by atoms with Gasteiger partial charge in [-0.2, -0.15) is 8.42 Å². The summed E-state index contributed by atoms with van der Waals surface area (Å²) < 4.78 is 59.0. The van der Waals surface area contributed by atoms with Gasteiger partial charge < -0.3 is 34.3 Å². The second kappa shape index (κ2) is 41.7. The molecule has 4 N–H and O–H groups in total. The monoisotopic (exact) mass is 923 g/mol. The van der Waals surface area contributed by atoms with Crippen molar-refractivity contribution in [3.8, 4) is 0 Å². The molecule has 1 fully saturated rings. The Bertz CT molecular complexity index is 1440. The Balaban J connectivity index is 2.39. The van der Waals surface area contributed by atoms with Gasteiger partial charge in [0, 0.05) is 13.0 Å². The van der Waals surface area contributed by atoms with Gasteiger partial charge in [-0.1, -0.05) is 170 Å². The van der Waals surface area contributed by atoms with Crippen LogP contribution in [0.5, 0.6) is 0 Å². The molecule has 1 aliphatic heterocycles. The predicted molar refractivity (Wildman–Crippen MR) is 257 cm³/mol. The third-order valence-electron chi connectivity index (χ3n) is 10.5. The van der Waals surface area contributed by atoms with Gasteiger partial charge in [-0.3, -0.25) is 9.35 Å². The lowest BCUT2D eigenvalue weighted by atomic mass is 9.99. The minimum Gasteiger partial charge on any atom is -0.457 e. The molecule has 0 radical (unpaired) electrons. The molecule has 0 aromatic carbocycles. The van der Waals surface area contributed by atoms with Gasteiger partial charge in [0.25, 0.3) is 0 Å². The fraction of sp³-hybridized carbons (Fsp3) is 0.706.